The Hall–Kier alpha value is -3.00. The number of anilines is 1. The van der Waals surface area contributed by atoms with Gasteiger partial charge in [-0.1, -0.05) is 43.3 Å². The number of rotatable bonds is 6. The lowest BCUT2D eigenvalue weighted by Gasteiger charge is -2.20. The van der Waals surface area contributed by atoms with E-state index in [1.54, 1.807) is 23.9 Å². The van der Waals surface area contributed by atoms with Crippen LogP contribution in [-0.4, -0.2) is 33.2 Å². The Labute approximate surface area is 173 Å². The van der Waals surface area contributed by atoms with Crippen LogP contribution < -0.4 is 14.8 Å². The third-order valence-electron chi connectivity index (χ3n) is 4.57. The van der Waals surface area contributed by atoms with Crippen LogP contribution >= 0.6 is 11.8 Å². The van der Waals surface area contributed by atoms with Gasteiger partial charge in [0.25, 0.3) is 0 Å². The molecule has 0 bridgehead atoms. The molecule has 0 aliphatic carbocycles. The quantitative estimate of drug-likeness (QED) is 0.448. The zero-order valence-corrected chi connectivity index (χ0v) is 17.1. The molecule has 8 heteroatoms. The first kappa shape index (κ1) is 19.3. The molecule has 0 saturated carbocycles. The zero-order chi connectivity index (χ0) is 20.2. The number of hydrogen-bond donors (Lipinski definition) is 2. The van der Waals surface area contributed by atoms with Gasteiger partial charge in [0.2, 0.25) is 11.0 Å². The predicted octanol–water partition coefficient (Wildman–Crippen LogP) is 4.65. The molecular formula is C21H22N4O3S. The van der Waals surface area contributed by atoms with Gasteiger partial charge in [-0.2, -0.15) is 4.98 Å². The van der Waals surface area contributed by atoms with Crippen molar-refractivity contribution in [2.24, 2.45) is 0 Å². The number of fused-ring (bicyclic) bond motifs is 3. The minimum absolute atomic E-state index is 0.0461. The monoisotopic (exact) mass is 410 g/mol. The van der Waals surface area contributed by atoms with Crippen LogP contribution in [0.1, 0.15) is 31.6 Å². The summed E-state index contributed by atoms with van der Waals surface area (Å²) in [7, 11) is 1.52. The van der Waals surface area contributed by atoms with Crippen LogP contribution in [0.5, 0.6) is 17.4 Å². The number of phenols is 1. The fourth-order valence-corrected chi connectivity index (χ4v) is 3.90. The first-order valence-corrected chi connectivity index (χ1v) is 10.4. The number of thioether (sulfide) groups is 1. The molecule has 1 atom stereocenters. The number of unbranched alkanes of at least 4 members (excludes halogenated alkanes) is 1. The standard InChI is InChI=1S/C21H22N4O3S/c1-3-4-11-29-21-23-20-18(24-25-21)14-7-5-6-8-15(14)22-19(28-20)13-9-10-17(27-2)16(26)12-13/h5-10,12,19,22,26H,3-4,11H2,1-2H3/t19-/m1/s1. The Morgan fingerprint density at radius 2 is 2.07 bits per heavy atom. The third kappa shape index (κ3) is 4.07. The number of benzene rings is 2. The van der Waals surface area contributed by atoms with E-state index in [-0.39, 0.29) is 5.75 Å². The normalized spacial score (nSPS) is 14.8. The molecule has 29 heavy (non-hydrogen) atoms. The van der Waals surface area contributed by atoms with Crippen molar-refractivity contribution >= 4 is 17.4 Å². The van der Waals surface area contributed by atoms with Crippen molar-refractivity contribution < 1.29 is 14.6 Å². The molecule has 1 aromatic heterocycles. The molecule has 2 aromatic carbocycles. The number of hydrogen-bond acceptors (Lipinski definition) is 8. The summed E-state index contributed by atoms with van der Waals surface area (Å²) in [6.07, 6.45) is 1.64. The molecule has 7 nitrogen and oxygen atoms in total. The molecule has 0 unspecified atom stereocenters. The van der Waals surface area contributed by atoms with Crippen molar-refractivity contribution in [1.29, 1.82) is 0 Å². The molecule has 0 spiro atoms. The van der Waals surface area contributed by atoms with Gasteiger partial charge in [-0.05, 0) is 30.7 Å². The molecule has 0 saturated heterocycles. The van der Waals surface area contributed by atoms with Crippen LogP contribution in [0, 0.1) is 0 Å². The van der Waals surface area contributed by atoms with Gasteiger partial charge < -0.3 is 19.9 Å². The lowest BCUT2D eigenvalue weighted by molar-refractivity contribution is 0.224. The average Bonchev–Trinajstić information content (AvgIpc) is 2.90. The summed E-state index contributed by atoms with van der Waals surface area (Å²) in [5, 5.41) is 22.8. The van der Waals surface area contributed by atoms with Crippen molar-refractivity contribution in [3.63, 3.8) is 0 Å². The van der Waals surface area contributed by atoms with Crippen LogP contribution in [0.25, 0.3) is 11.3 Å². The Kier molecular flexibility index (Phi) is 5.71. The van der Waals surface area contributed by atoms with Crippen LogP contribution in [-0.2, 0) is 0 Å². The summed E-state index contributed by atoms with van der Waals surface area (Å²) in [4.78, 5) is 4.62. The van der Waals surface area contributed by atoms with Crippen LogP contribution in [0.3, 0.4) is 0 Å². The van der Waals surface area contributed by atoms with E-state index in [2.05, 4.69) is 27.4 Å². The van der Waals surface area contributed by atoms with Crippen molar-refractivity contribution in [3.8, 4) is 28.6 Å². The van der Waals surface area contributed by atoms with Crippen LogP contribution in [0.2, 0.25) is 0 Å². The highest BCUT2D eigenvalue weighted by atomic mass is 32.2. The van der Waals surface area contributed by atoms with E-state index in [4.69, 9.17) is 9.47 Å². The highest BCUT2D eigenvalue weighted by Gasteiger charge is 2.26. The summed E-state index contributed by atoms with van der Waals surface area (Å²) in [5.41, 5.74) is 3.06. The number of nitrogens with one attached hydrogen (secondary N) is 1. The molecule has 1 aliphatic heterocycles. The van der Waals surface area contributed by atoms with Gasteiger partial charge in [0, 0.05) is 22.6 Å². The number of aromatic nitrogens is 3. The molecule has 4 rings (SSSR count). The van der Waals surface area contributed by atoms with Crippen molar-refractivity contribution in [2.45, 2.75) is 31.1 Å². The number of para-hydroxylation sites is 1. The summed E-state index contributed by atoms with van der Waals surface area (Å²) < 4.78 is 11.4. The zero-order valence-electron chi connectivity index (χ0n) is 16.3. The van der Waals surface area contributed by atoms with Gasteiger partial charge in [0.05, 0.1) is 7.11 Å². The topological polar surface area (TPSA) is 89.4 Å². The first-order valence-electron chi connectivity index (χ1n) is 9.46. The van der Waals surface area contributed by atoms with Gasteiger partial charge in [0.1, 0.15) is 0 Å². The summed E-state index contributed by atoms with van der Waals surface area (Å²) in [5.74, 6) is 1.80. The Bertz CT molecular complexity index is 1010. The van der Waals surface area contributed by atoms with Crippen molar-refractivity contribution in [3.05, 3.63) is 48.0 Å². The second-order valence-corrected chi connectivity index (χ2v) is 7.63. The number of ether oxygens (including phenoxy) is 2. The summed E-state index contributed by atoms with van der Waals surface area (Å²) in [6, 6.07) is 13.0. The van der Waals surface area contributed by atoms with Crippen LogP contribution in [0.15, 0.2) is 47.6 Å². The maximum absolute atomic E-state index is 10.2. The second-order valence-electron chi connectivity index (χ2n) is 6.57. The lowest BCUT2D eigenvalue weighted by atomic mass is 10.1. The fraction of sp³-hybridized carbons (Fsp3) is 0.286. The molecular weight excluding hydrogens is 388 g/mol. The maximum Gasteiger partial charge on any atom is 0.247 e. The van der Waals surface area contributed by atoms with Crippen LogP contribution in [0.4, 0.5) is 5.69 Å². The number of phenolic OH excluding ortho intramolecular Hbond substituents is 1. The first-order chi connectivity index (χ1) is 14.2. The van der Waals surface area contributed by atoms with E-state index in [1.807, 2.05) is 30.3 Å². The predicted molar refractivity (Wildman–Crippen MR) is 113 cm³/mol. The number of aromatic hydroxyl groups is 1. The van der Waals surface area contributed by atoms with E-state index < -0.39 is 6.23 Å². The van der Waals surface area contributed by atoms with Gasteiger partial charge in [-0.3, -0.25) is 0 Å². The molecule has 0 radical (unpaired) electrons. The molecule has 3 aromatic rings. The Balaban J connectivity index is 1.73. The summed E-state index contributed by atoms with van der Waals surface area (Å²) in [6.45, 7) is 2.15. The minimum Gasteiger partial charge on any atom is -0.504 e. The van der Waals surface area contributed by atoms with Gasteiger partial charge >= 0.3 is 0 Å². The number of nitrogens with zero attached hydrogens (tertiary/aromatic N) is 3. The van der Waals surface area contributed by atoms with E-state index >= 15 is 0 Å². The maximum atomic E-state index is 10.2. The highest BCUT2D eigenvalue weighted by Crippen LogP contribution is 2.40. The second kappa shape index (κ2) is 8.57. The fourth-order valence-electron chi connectivity index (χ4n) is 3.04. The largest absolute Gasteiger partial charge is 0.504 e. The van der Waals surface area contributed by atoms with Gasteiger partial charge in [0.15, 0.2) is 23.4 Å². The molecule has 1 aliphatic rings. The van der Waals surface area contributed by atoms with Crippen molar-refractivity contribution in [1.82, 2.24) is 15.2 Å². The van der Waals surface area contributed by atoms with Crippen molar-refractivity contribution in [2.75, 3.05) is 18.2 Å². The van der Waals surface area contributed by atoms with E-state index in [1.165, 1.54) is 7.11 Å². The average molecular weight is 410 g/mol. The van der Waals surface area contributed by atoms with E-state index in [0.717, 1.165) is 35.4 Å². The number of methoxy groups -OCH3 is 1. The lowest BCUT2D eigenvalue weighted by Crippen LogP contribution is -2.17. The Morgan fingerprint density at radius 3 is 2.86 bits per heavy atom. The van der Waals surface area contributed by atoms with Gasteiger partial charge in [-0.25, -0.2) is 0 Å². The SMILES string of the molecule is CCCCSc1nnc2c(n1)O[C@H](c1ccc(OC)c(O)c1)Nc1ccccc1-2. The smallest absolute Gasteiger partial charge is 0.247 e. The van der Waals surface area contributed by atoms with Gasteiger partial charge in [-0.15, -0.1) is 10.2 Å². The Morgan fingerprint density at radius 1 is 1.21 bits per heavy atom. The van der Waals surface area contributed by atoms with E-state index in [0.29, 0.717) is 22.5 Å². The molecule has 150 valence electrons. The third-order valence-corrected chi connectivity index (χ3v) is 5.49. The summed E-state index contributed by atoms with van der Waals surface area (Å²) >= 11 is 1.57. The molecule has 2 N–H and O–H groups in total. The molecule has 0 fully saturated rings. The van der Waals surface area contributed by atoms with E-state index in [9.17, 15) is 5.11 Å². The minimum atomic E-state index is -0.556. The molecule has 0 amide bonds. The highest BCUT2D eigenvalue weighted by molar-refractivity contribution is 7.99. The molecule has 2 heterocycles.